The minimum atomic E-state index is 0.299. The molecule has 96 valence electrons. The molecule has 1 heterocycles. The lowest BCUT2D eigenvalue weighted by Crippen LogP contribution is -2.22. The van der Waals surface area contributed by atoms with Crippen LogP contribution >= 0.6 is 27.3 Å². The van der Waals surface area contributed by atoms with Crippen LogP contribution < -0.4 is 5.32 Å². The lowest BCUT2D eigenvalue weighted by Gasteiger charge is -2.19. The monoisotopic (exact) mass is 323 g/mol. The predicted octanol–water partition coefficient (Wildman–Crippen LogP) is 4.91. The summed E-state index contributed by atoms with van der Waals surface area (Å²) in [5, 5.41) is 7.99. The molecule has 1 unspecified atom stereocenters. The second-order valence-electron chi connectivity index (χ2n) is 4.51. The van der Waals surface area contributed by atoms with E-state index in [0.717, 1.165) is 17.4 Å². The molecule has 0 aliphatic rings. The van der Waals surface area contributed by atoms with Crippen LogP contribution in [0.25, 0.3) is 0 Å². The molecule has 1 N–H and O–H groups in total. The van der Waals surface area contributed by atoms with E-state index in [1.807, 2.05) is 0 Å². The average molecular weight is 324 g/mol. The molecule has 2 rings (SSSR count). The van der Waals surface area contributed by atoms with Gasteiger partial charge in [0.15, 0.2) is 0 Å². The number of rotatable bonds is 5. The third-order valence-electron chi connectivity index (χ3n) is 2.87. The summed E-state index contributed by atoms with van der Waals surface area (Å²) in [5.74, 6) is 0. The highest BCUT2D eigenvalue weighted by molar-refractivity contribution is 9.10. The van der Waals surface area contributed by atoms with Crippen molar-refractivity contribution in [1.82, 2.24) is 5.32 Å². The first-order valence-electron chi connectivity index (χ1n) is 6.23. The fourth-order valence-corrected chi connectivity index (χ4v) is 3.40. The van der Waals surface area contributed by atoms with E-state index in [0.29, 0.717) is 6.04 Å². The van der Waals surface area contributed by atoms with E-state index in [2.05, 4.69) is 70.1 Å². The molecule has 2 aromatic rings. The third kappa shape index (κ3) is 3.44. The van der Waals surface area contributed by atoms with Crippen LogP contribution in [0.2, 0.25) is 0 Å². The third-order valence-corrected chi connectivity index (χ3v) is 4.03. The predicted molar refractivity (Wildman–Crippen MR) is 83.3 cm³/mol. The molecule has 3 heteroatoms. The van der Waals surface area contributed by atoms with Gasteiger partial charge in [0.25, 0.3) is 0 Å². The van der Waals surface area contributed by atoms with Crippen LogP contribution in [0.4, 0.5) is 0 Å². The first kappa shape index (κ1) is 13.8. The Balaban J connectivity index is 2.33. The molecule has 1 aromatic carbocycles. The fourth-order valence-electron chi connectivity index (χ4n) is 2.09. The number of halogens is 1. The summed E-state index contributed by atoms with van der Waals surface area (Å²) in [6.07, 6.45) is 1.15. The van der Waals surface area contributed by atoms with Gasteiger partial charge in [0.1, 0.15) is 0 Å². The highest BCUT2D eigenvalue weighted by atomic mass is 79.9. The number of thiophene rings is 1. The Labute approximate surface area is 121 Å². The Kier molecular flexibility index (Phi) is 4.98. The summed E-state index contributed by atoms with van der Waals surface area (Å²) in [4.78, 5) is 0. The quantitative estimate of drug-likeness (QED) is 0.824. The van der Waals surface area contributed by atoms with Crippen LogP contribution in [0, 0.1) is 6.92 Å². The number of benzene rings is 1. The van der Waals surface area contributed by atoms with Gasteiger partial charge >= 0.3 is 0 Å². The van der Waals surface area contributed by atoms with Gasteiger partial charge in [-0.1, -0.05) is 28.9 Å². The van der Waals surface area contributed by atoms with E-state index in [9.17, 15) is 0 Å². The van der Waals surface area contributed by atoms with Gasteiger partial charge < -0.3 is 5.32 Å². The maximum atomic E-state index is 3.63. The topological polar surface area (TPSA) is 12.0 Å². The average Bonchev–Trinajstić information content (AvgIpc) is 2.82. The number of nitrogens with one attached hydrogen (secondary N) is 1. The minimum Gasteiger partial charge on any atom is -0.306 e. The molecule has 0 spiro atoms. The van der Waals surface area contributed by atoms with E-state index in [4.69, 9.17) is 0 Å². The van der Waals surface area contributed by atoms with Gasteiger partial charge in [-0.2, -0.15) is 11.3 Å². The second-order valence-corrected chi connectivity index (χ2v) is 6.20. The first-order chi connectivity index (χ1) is 8.70. The maximum absolute atomic E-state index is 3.63. The van der Waals surface area contributed by atoms with Crippen molar-refractivity contribution in [2.45, 2.75) is 26.3 Å². The van der Waals surface area contributed by atoms with Gasteiger partial charge in [0, 0.05) is 4.47 Å². The SMILES string of the molecule is CCCNC(c1ccsc1)c1cc(C)cc(Br)c1. The van der Waals surface area contributed by atoms with Gasteiger partial charge in [0.05, 0.1) is 6.04 Å². The van der Waals surface area contributed by atoms with Crippen LogP contribution in [0.1, 0.15) is 36.1 Å². The zero-order chi connectivity index (χ0) is 13.0. The lowest BCUT2D eigenvalue weighted by molar-refractivity contribution is 0.599. The Morgan fingerprint density at radius 3 is 2.72 bits per heavy atom. The summed E-state index contributed by atoms with van der Waals surface area (Å²) in [6.45, 7) is 5.37. The number of hydrogen-bond acceptors (Lipinski definition) is 2. The van der Waals surface area contributed by atoms with E-state index in [-0.39, 0.29) is 0 Å². The lowest BCUT2D eigenvalue weighted by atomic mass is 9.99. The zero-order valence-corrected chi connectivity index (χ0v) is 13.1. The Morgan fingerprint density at radius 1 is 1.28 bits per heavy atom. The van der Waals surface area contributed by atoms with Crippen LogP contribution in [0.5, 0.6) is 0 Å². The summed E-state index contributed by atoms with van der Waals surface area (Å²) < 4.78 is 1.15. The molecule has 0 saturated heterocycles. The molecule has 1 aromatic heterocycles. The number of aryl methyl sites for hydroxylation is 1. The highest BCUT2D eigenvalue weighted by Gasteiger charge is 2.14. The van der Waals surface area contributed by atoms with Crippen molar-refractivity contribution in [1.29, 1.82) is 0 Å². The molecule has 0 amide bonds. The maximum Gasteiger partial charge on any atom is 0.0585 e. The van der Waals surface area contributed by atoms with E-state index in [1.165, 1.54) is 16.7 Å². The molecular formula is C15H18BrNS. The van der Waals surface area contributed by atoms with Crippen molar-refractivity contribution in [2.24, 2.45) is 0 Å². The van der Waals surface area contributed by atoms with Crippen LogP contribution in [0.3, 0.4) is 0 Å². The summed E-state index contributed by atoms with van der Waals surface area (Å²) in [6, 6.07) is 9.11. The molecule has 1 atom stereocenters. The molecule has 0 bridgehead atoms. The first-order valence-corrected chi connectivity index (χ1v) is 7.97. The minimum absolute atomic E-state index is 0.299. The Bertz CT molecular complexity index is 473. The van der Waals surface area contributed by atoms with Gasteiger partial charge in [-0.15, -0.1) is 0 Å². The van der Waals surface area contributed by atoms with Crippen LogP contribution in [0.15, 0.2) is 39.5 Å². The van der Waals surface area contributed by atoms with Crippen LogP contribution in [-0.2, 0) is 0 Å². The standard InChI is InChI=1S/C15H18BrNS/c1-3-5-17-15(12-4-6-18-10-12)13-7-11(2)8-14(16)9-13/h4,6-10,15,17H,3,5H2,1-2H3. The Hall–Kier alpha value is -0.640. The van der Waals surface area contributed by atoms with E-state index < -0.39 is 0 Å². The van der Waals surface area contributed by atoms with Crippen molar-refractivity contribution < 1.29 is 0 Å². The molecule has 0 saturated carbocycles. The van der Waals surface area contributed by atoms with Crippen molar-refractivity contribution in [2.75, 3.05) is 6.54 Å². The normalized spacial score (nSPS) is 12.6. The zero-order valence-electron chi connectivity index (χ0n) is 10.7. The van der Waals surface area contributed by atoms with Gasteiger partial charge in [0.2, 0.25) is 0 Å². The van der Waals surface area contributed by atoms with Gasteiger partial charge in [-0.25, -0.2) is 0 Å². The summed E-state index contributed by atoms with van der Waals surface area (Å²) in [7, 11) is 0. The molecule has 0 aliphatic heterocycles. The molecule has 18 heavy (non-hydrogen) atoms. The largest absolute Gasteiger partial charge is 0.306 e. The number of hydrogen-bond donors (Lipinski definition) is 1. The van der Waals surface area contributed by atoms with Gasteiger partial charge in [-0.3, -0.25) is 0 Å². The molecular weight excluding hydrogens is 306 g/mol. The van der Waals surface area contributed by atoms with Crippen molar-refractivity contribution in [3.05, 3.63) is 56.2 Å². The van der Waals surface area contributed by atoms with E-state index >= 15 is 0 Å². The summed E-state index contributed by atoms with van der Waals surface area (Å²) >= 11 is 5.34. The highest BCUT2D eigenvalue weighted by Crippen LogP contribution is 2.27. The van der Waals surface area contributed by atoms with Crippen LogP contribution in [-0.4, -0.2) is 6.54 Å². The fraction of sp³-hybridized carbons (Fsp3) is 0.333. The molecule has 1 nitrogen and oxygen atoms in total. The molecule has 0 radical (unpaired) electrons. The smallest absolute Gasteiger partial charge is 0.0585 e. The summed E-state index contributed by atoms with van der Waals surface area (Å²) in [5.41, 5.74) is 3.97. The molecule has 0 aliphatic carbocycles. The Morgan fingerprint density at radius 2 is 2.11 bits per heavy atom. The van der Waals surface area contributed by atoms with Gasteiger partial charge in [-0.05, 0) is 65.5 Å². The van der Waals surface area contributed by atoms with E-state index in [1.54, 1.807) is 11.3 Å². The van der Waals surface area contributed by atoms with Crippen molar-refractivity contribution in [3.8, 4) is 0 Å². The second kappa shape index (κ2) is 6.50. The molecule has 0 fully saturated rings. The van der Waals surface area contributed by atoms with Crippen molar-refractivity contribution >= 4 is 27.3 Å². The van der Waals surface area contributed by atoms with Crippen molar-refractivity contribution in [3.63, 3.8) is 0 Å².